The van der Waals surface area contributed by atoms with Crippen molar-refractivity contribution in [2.45, 2.75) is 6.54 Å². The Labute approximate surface area is 117 Å². The first-order valence-electron chi connectivity index (χ1n) is 6.07. The molecule has 0 N–H and O–H groups in total. The topological polar surface area (TPSA) is 21.7 Å². The molecule has 0 unspecified atom stereocenters. The van der Waals surface area contributed by atoms with E-state index in [1.165, 1.54) is 0 Å². The maximum absolute atomic E-state index is 6.12. The molecule has 0 atom stereocenters. The number of methoxy groups -OCH3 is 1. The highest BCUT2D eigenvalue weighted by Crippen LogP contribution is 2.34. The van der Waals surface area contributed by atoms with Gasteiger partial charge in [-0.05, 0) is 30.3 Å². The number of fused-ring (bicyclic) bond motifs is 1. The molecule has 0 saturated carbocycles. The molecule has 3 nitrogen and oxygen atoms in total. The molecule has 2 aromatic carbocycles. The van der Waals surface area contributed by atoms with E-state index in [0.717, 1.165) is 29.3 Å². The number of hydrogen-bond donors (Lipinski definition) is 0. The Balaban J connectivity index is 1.85. The third-order valence-corrected chi connectivity index (χ3v) is 3.51. The summed E-state index contributed by atoms with van der Waals surface area (Å²) in [4.78, 5) is 2.15. The average molecular weight is 276 g/mol. The highest BCUT2D eigenvalue weighted by Gasteiger charge is 2.19. The van der Waals surface area contributed by atoms with Gasteiger partial charge in [0.15, 0.2) is 6.73 Å². The predicted molar refractivity (Wildman–Crippen MR) is 76.1 cm³/mol. The molecule has 3 rings (SSSR count). The van der Waals surface area contributed by atoms with Gasteiger partial charge >= 0.3 is 0 Å². The molecule has 0 aliphatic carbocycles. The van der Waals surface area contributed by atoms with Crippen molar-refractivity contribution in [3.05, 3.63) is 53.1 Å². The molecule has 0 fully saturated rings. The molecule has 0 amide bonds. The number of hydrogen-bond acceptors (Lipinski definition) is 3. The summed E-state index contributed by atoms with van der Waals surface area (Å²) in [6, 6.07) is 13.8. The van der Waals surface area contributed by atoms with E-state index in [-0.39, 0.29) is 0 Å². The van der Waals surface area contributed by atoms with Gasteiger partial charge in [0, 0.05) is 17.8 Å². The summed E-state index contributed by atoms with van der Waals surface area (Å²) in [5.74, 6) is 1.65. The maximum atomic E-state index is 6.12. The maximum Gasteiger partial charge on any atom is 0.161 e. The Morgan fingerprint density at radius 1 is 1.16 bits per heavy atom. The van der Waals surface area contributed by atoms with E-state index < -0.39 is 0 Å². The fraction of sp³-hybridized carbons (Fsp3) is 0.200. The molecule has 4 heteroatoms. The second-order valence-electron chi connectivity index (χ2n) is 4.40. The van der Waals surface area contributed by atoms with Crippen LogP contribution in [-0.2, 0) is 6.54 Å². The van der Waals surface area contributed by atoms with Crippen molar-refractivity contribution in [3.8, 4) is 11.5 Å². The minimum absolute atomic E-state index is 0.503. The van der Waals surface area contributed by atoms with Crippen LogP contribution < -0.4 is 14.4 Å². The van der Waals surface area contributed by atoms with E-state index in [4.69, 9.17) is 21.1 Å². The number of halogens is 1. The summed E-state index contributed by atoms with van der Waals surface area (Å²) in [6.45, 7) is 1.30. The molecular weight excluding hydrogens is 262 g/mol. The van der Waals surface area contributed by atoms with E-state index >= 15 is 0 Å². The lowest BCUT2D eigenvalue weighted by atomic mass is 10.1. The van der Waals surface area contributed by atoms with Gasteiger partial charge < -0.3 is 14.4 Å². The van der Waals surface area contributed by atoms with Crippen LogP contribution in [0.15, 0.2) is 42.5 Å². The van der Waals surface area contributed by atoms with Crippen LogP contribution in [-0.4, -0.2) is 13.8 Å². The van der Waals surface area contributed by atoms with E-state index in [2.05, 4.69) is 4.90 Å². The summed E-state index contributed by atoms with van der Waals surface area (Å²) < 4.78 is 10.9. The second-order valence-corrected chi connectivity index (χ2v) is 4.80. The molecule has 1 aliphatic heterocycles. The number of rotatable bonds is 2. The van der Waals surface area contributed by atoms with Gasteiger partial charge in [0.05, 0.1) is 12.1 Å². The predicted octanol–water partition coefficient (Wildman–Crippen LogP) is 3.71. The molecule has 0 radical (unpaired) electrons. The van der Waals surface area contributed by atoms with E-state index in [1.54, 1.807) is 7.11 Å². The Morgan fingerprint density at radius 3 is 2.68 bits per heavy atom. The van der Waals surface area contributed by atoms with Crippen molar-refractivity contribution in [1.29, 1.82) is 0 Å². The van der Waals surface area contributed by atoms with Gasteiger partial charge in [0.1, 0.15) is 11.5 Å². The summed E-state index contributed by atoms with van der Waals surface area (Å²) in [5.41, 5.74) is 2.21. The van der Waals surface area contributed by atoms with Crippen molar-refractivity contribution < 1.29 is 9.47 Å². The van der Waals surface area contributed by atoms with Crippen LogP contribution >= 0.6 is 11.6 Å². The zero-order chi connectivity index (χ0) is 13.2. The van der Waals surface area contributed by atoms with Crippen LogP contribution in [0.3, 0.4) is 0 Å². The number of anilines is 1. The van der Waals surface area contributed by atoms with Gasteiger partial charge in [-0.2, -0.15) is 0 Å². The fourth-order valence-electron chi connectivity index (χ4n) is 2.19. The SMILES string of the molecule is COc1ccc(N2COc3c(Cl)cccc3C2)cc1. The molecular formula is C15H14ClNO2. The Bertz CT molecular complexity index is 583. The number of benzene rings is 2. The van der Waals surface area contributed by atoms with Gasteiger partial charge in [-0.1, -0.05) is 23.7 Å². The smallest absolute Gasteiger partial charge is 0.161 e. The molecule has 0 bridgehead atoms. The molecule has 98 valence electrons. The third-order valence-electron chi connectivity index (χ3n) is 3.21. The van der Waals surface area contributed by atoms with E-state index in [1.807, 2.05) is 42.5 Å². The molecule has 2 aromatic rings. The molecule has 0 spiro atoms. The normalized spacial score (nSPS) is 13.7. The third kappa shape index (κ3) is 2.34. The first-order chi connectivity index (χ1) is 9.28. The fourth-order valence-corrected chi connectivity index (χ4v) is 2.44. The molecule has 0 aromatic heterocycles. The van der Waals surface area contributed by atoms with Gasteiger partial charge in [0.25, 0.3) is 0 Å². The Kier molecular flexibility index (Phi) is 3.22. The van der Waals surface area contributed by atoms with Crippen molar-refractivity contribution in [2.24, 2.45) is 0 Å². The zero-order valence-electron chi connectivity index (χ0n) is 10.6. The second kappa shape index (κ2) is 5.02. The standard InChI is InChI=1S/C15H14ClNO2/c1-18-13-7-5-12(6-8-13)17-9-11-3-2-4-14(16)15(11)19-10-17/h2-8H,9-10H2,1H3. The van der Waals surface area contributed by atoms with Crippen LogP contribution in [0, 0.1) is 0 Å². The highest BCUT2D eigenvalue weighted by atomic mass is 35.5. The lowest BCUT2D eigenvalue weighted by Crippen LogP contribution is -2.31. The number of ether oxygens (including phenoxy) is 2. The van der Waals surface area contributed by atoms with Crippen LogP contribution in [0.2, 0.25) is 5.02 Å². The number of nitrogens with zero attached hydrogens (tertiary/aromatic N) is 1. The number of para-hydroxylation sites is 1. The first kappa shape index (κ1) is 12.2. The van der Waals surface area contributed by atoms with Gasteiger partial charge in [-0.15, -0.1) is 0 Å². The van der Waals surface area contributed by atoms with E-state index in [0.29, 0.717) is 11.8 Å². The molecule has 19 heavy (non-hydrogen) atoms. The lowest BCUT2D eigenvalue weighted by molar-refractivity contribution is 0.289. The Morgan fingerprint density at radius 2 is 1.95 bits per heavy atom. The molecule has 0 saturated heterocycles. The lowest BCUT2D eigenvalue weighted by Gasteiger charge is -2.31. The summed E-state index contributed by atoms with van der Waals surface area (Å²) >= 11 is 6.12. The highest BCUT2D eigenvalue weighted by molar-refractivity contribution is 6.32. The van der Waals surface area contributed by atoms with Gasteiger partial charge in [-0.25, -0.2) is 0 Å². The molecule has 1 aliphatic rings. The quantitative estimate of drug-likeness (QED) is 0.834. The van der Waals surface area contributed by atoms with Crippen molar-refractivity contribution in [3.63, 3.8) is 0 Å². The zero-order valence-corrected chi connectivity index (χ0v) is 11.4. The van der Waals surface area contributed by atoms with Crippen LogP contribution in [0.4, 0.5) is 5.69 Å². The first-order valence-corrected chi connectivity index (χ1v) is 6.45. The average Bonchev–Trinajstić information content (AvgIpc) is 2.47. The molecule has 1 heterocycles. The van der Waals surface area contributed by atoms with Crippen molar-refractivity contribution in [1.82, 2.24) is 0 Å². The van der Waals surface area contributed by atoms with Gasteiger partial charge in [-0.3, -0.25) is 0 Å². The van der Waals surface area contributed by atoms with Crippen LogP contribution in [0.25, 0.3) is 0 Å². The van der Waals surface area contributed by atoms with Gasteiger partial charge in [0.2, 0.25) is 0 Å². The minimum atomic E-state index is 0.503. The largest absolute Gasteiger partial charge is 0.497 e. The van der Waals surface area contributed by atoms with Crippen molar-refractivity contribution >= 4 is 17.3 Å². The monoisotopic (exact) mass is 275 g/mol. The van der Waals surface area contributed by atoms with Crippen LogP contribution in [0.1, 0.15) is 5.56 Å². The summed E-state index contributed by atoms with van der Waals surface area (Å²) in [5, 5.41) is 0.673. The summed E-state index contributed by atoms with van der Waals surface area (Å²) in [7, 11) is 1.66. The minimum Gasteiger partial charge on any atom is -0.497 e. The van der Waals surface area contributed by atoms with Crippen molar-refractivity contribution in [2.75, 3.05) is 18.7 Å². The summed E-state index contributed by atoms with van der Waals surface area (Å²) in [6.07, 6.45) is 0. The van der Waals surface area contributed by atoms with E-state index in [9.17, 15) is 0 Å². The van der Waals surface area contributed by atoms with Crippen LogP contribution in [0.5, 0.6) is 11.5 Å². The Hall–Kier alpha value is -1.87.